The Kier molecular flexibility index (Phi) is 10.2. The van der Waals surface area contributed by atoms with E-state index in [0.29, 0.717) is 13.1 Å². The number of unbranched alkanes of at least 4 members (excludes halogenated alkanes) is 1. The first-order chi connectivity index (χ1) is 20.4. The lowest BCUT2D eigenvalue weighted by Gasteiger charge is -2.34. The summed E-state index contributed by atoms with van der Waals surface area (Å²) >= 11 is 0. The van der Waals surface area contributed by atoms with Crippen LogP contribution in [0.4, 0.5) is 5.69 Å². The van der Waals surface area contributed by atoms with Crippen LogP contribution in [0.1, 0.15) is 71.9 Å². The molecule has 1 amide bonds. The van der Waals surface area contributed by atoms with Gasteiger partial charge in [-0.15, -0.1) is 0 Å². The predicted octanol–water partition coefficient (Wildman–Crippen LogP) is 6.55. The second-order valence-corrected chi connectivity index (χ2v) is 13.6. The van der Waals surface area contributed by atoms with E-state index in [0.717, 1.165) is 78.3 Å². The van der Waals surface area contributed by atoms with Gasteiger partial charge < -0.3 is 24.8 Å². The predicted molar refractivity (Wildman–Crippen MR) is 175 cm³/mol. The number of anilines is 1. The van der Waals surface area contributed by atoms with Gasteiger partial charge in [-0.05, 0) is 66.6 Å². The van der Waals surface area contributed by atoms with Crippen LogP contribution in [0.5, 0.6) is 5.75 Å². The molecule has 1 saturated heterocycles. The van der Waals surface area contributed by atoms with E-state index in [-0.39, 0.29) is 29.8 Å². The number of aromatic nitrogens is 2. The number of imidazole rings is 1. The van der Waals surface area contributed by atoms with Crippen molar-refractivity contribution in [3.63, 3.8) is 0 Å². The largest absolute Gasteiger partial charge is 0.492 e. The van der Waals surface area contributed by atoms with Gasteiger partial charge in [0, 0.05) is 66.6 Å². The highest BCUT2D eigenvalue weighted by atomic mass is 16.5. The van der Waals surface area contributed by atoms with Gasteiger partial charge in [-0.3, -0.25) is 4.79 Å². The molecular weight excluding hydrogens is 540 g/mol. The minimum Gasteiger partial charge on any atom is -0.492 e. The number of carbonyl (C=O) groups is 1. The molecule has 1 aliphatic heterocycles. The third kappa shape index (κ3) is 8.42. The number of H-pyrrole nitrogens is 1. The highest BCUT2D eigenvalue weighted by Crippen LogP contribution is 2.43. The van der Waals surface area contributed by atoms with Crippen molar-refractivity contribution in [1.29, 1.82) is 0 Å². The molecule has 0 unspecified atom stereocenters. The number of nitrogens with one attached hydrogen (secondary N) is 2. The number of rotatable bonds is 11. The molecule has 0 aliphatic carbocycles. The fourth-order valence-electron chi connectivity index (χ4n) is 5.35. The molecule has 1 fully saturated rings. The number of aromatic amines is 1. The number of ether oxygens (including phenoxy) is 1. The van der Waals surface area contributed by atoms with E-state index in [1.807, 2.05) is 0 Å². The van der Waals surface area contributed by atoms with Gasteiger partial charge in [-0.1, -0.05) is 46.7 Å². The van der Waals surface area contributed by atoms with E-state index in [4.69, 9.17) is 15.3 Å². The van der Waals surface area contributed by atoms with Gasteiger partial charge in [-0.25, -0.2) is 4.98 Å². The Morgan fingerprint density at radius 3 is 2.35 bits per heavy atom. The second kappa shape index (κ2) is 13.7. The van der Waals surface area contributed by atoms with Crippen LogP contribution in [-0.4, -0.2) is 73.7 Å². The molecule has 0 atom stereocenters. The van der Waals surface area contributed by atoms with Crippen molar-refractivity contribution in [2.45, 2.75) is 71.6 Å². The first kappa shape index (κ1) is 32.2. The summed E-state index contributed by atoms with van der Waals surface area (Å²) in [7, 11) is 2.17. The van der Waals surface area contributed by atoms with E-state index < -0.39 is 0 Å². The molecule has 10 heteroatoms. The van der Waals surface area contributed by atoms with Crippen LogP contribution >= 0.6 is 0 Å². The molecule has 1 aromatic heterocycles. The zero-order valence-electron chi connectivity index (χ0n) is 27.0. The average Bonchev–Trinajstić information content (AvgIpc) is 3.38. The molecular formula is C33H48N8O2. The first-order valence-corrected chi connectivity index (χ1v) is 15.4. The van der Waals surface area contributed by atoms with Gasteiger partial charge in [0.2, 0.25) is 5.91 Å². The van der Waals surface area contributed by atoms with Crippen molar-refractivity contribution in [2.75, 3.05) is 57.8 Å². The SMILES string of the molecule is CN1CCN(c2ccc3nc(-c4cc(C(C)(C)C)c(OCCC(=O)NCCCCN=[N+]=[N-])c(C(C)(C)C)c4)[nH]c3c2)CC1. The standard InChI is InChI=1S/C33H48N8O2/c1-32(2,3)25-20-23(31-37-27-11-10-24(22-28(27)38-31)41-17-15-40(7)16-18-41)21-26(33(4,5)6)30(25)43-19-12-29(42)35-13-8-9-14-36-39-34/h10-11,20-22H,8-9,12-19H2,1-7H3,(H,35,42)(H,37,38). The maximum atomic E-state index is 12.5. The topological polar surface area (TPSA) is 122 Å². The third-order valence-electron chi connectivity index (χ3n) is 7.96. The zero-order valence-corrected chi connectivity index (χ0v) is 27.0. The van der Waals surface area contributed by atoms with Gasteiger partial charge in [0.05, 0.1) is 24.1 Å². The van der Waals surface area contributed by atoms with Crippen LogP contribution in [0.2, 0.25) is 0 Å². The summed E-state index contributed by atoms with van der Waals surface area (Å²) in [5, 5.41) is 6.46. The lowest BCUT2D eigenvalue weighted by molar-refractivity contribution is -0.121. The number of likely N-dealkylation sites (N-methyl/N-ethyl adjacent to an activating group) is 1. The van der Waals surface area contributed by atoms with Gasteiger partial charge in [0.1, 0.15) is 11.6 Å². The smallest absolute Gasteiger partial charge is 0.223 e. The lowest BCUT2D eigenvalue weighted by Crippen LogP contribution is -2.44. The minimum atomic E-state index is -0.194. The fourth-order valence-corrected chi connectivity index (χ4v) is 5.35. The van der Waals surface area contributed by atoms with Crippen molar-refractivity contribution in [1.82, 2.24) is 20.2 Å². The zero-order chi connectivity index (χ0) is 31.2. The molecule has 10 nitrogen and oxygen atoms in total. The molecule has 0 bridgehead atoms. The molecule has 0 spiro atoms. The van der Waals surface area contributed by atoms with E-state index in [1.54, 1.807) is 0 Å². The number of hydrogen-bond acceptors (Lipinski definition) is 6. The van der Waals surface area contributed by atoms with Crippen LogP contribution < -0.4 is 15.0 Å². The fraction of sp³-hybridized carbons (Fsp3) is 0.576. The maximum Gasteiger partial charge on any atom is 0.223 e. The van der Waals surface area contributed by atoms with Crippen LogP contribution in [0.15, 0.2) is 35.4 Å². The molecule has 2 aromatic carbocycles. The summed E-state index contributed by atoms with van der Waals surface area (Å²) in [5.74, 6) is 1.64. The summed E-state index contributed by atoms with van der Waals surface area (Å²) in [6.45, 7) is 18.6. The minimum absolute atomic E-state index is 0.0479. The molecule has 0 radical (unpaired) electrons. The van der Waals surface area contributed by atoms with Crippen LogP contribution in [0.25, 0.3) is 32.9 Å². The Hall–Kier alpha value is -3.75. The van der Waals surface area contributed by atoms with E-state index in [1.165, 1.54) is 5.69 Å². The van der Waals surface area contributed by atoms with Crippen LogP contribution in [0.3, 0.4) is 0 Å². The Bertz CT molecular complexity index is 1420. The summed E-state index contributed by atoms with van der Waals surface area (Å²) < 4.78 is 6.44. The van der Waals surface area contributed by atoms with E-state index in [2.05, 4.69) is 109 Å². The quantitative estimate of drug-likeness (QED) is 0.114. The van der Waals surface area contributed by atoms with Gasteiger partial charge in [-0.2, -0.15) is 0 Å². The molecule has 3 aromatic rings. The highest BCUT2D eigenvalue weighted by Gasteiger charge is 2.29. The number of piperazine rings is 1. The Labute approximate surface area is 255 Å². The first-order valence-electron chi connectivity index (χ1n) is 15.4. The average molecular weight is 589 g/mol. The van der Waals surface area contributed by atoms with Crippen molar-refractivity contribution in [2.24, 2.45) is 5.11 Å². The van der Waals surface area contributed by atoms with Crippen LogP contribution in [0, 0.1) is 0 Å². The van der Waals surface area contributed by atoms with Gasteiger partial charge in [0.25, 0.3) is 0 Å². The number of carbonyl (C=O) groups excluding carboxylic acids is 1. The normalized spacial score (nSPS) is 14.5. The molecule has 1 aliphatic rings. The molecule has 0 saturated carbocycles. The van der Waals surface area contributed by atoms with Gasteiger partial charge >= 0.3 is 0 Å². The number of azide groups is 1. The van der Waals surface area contributed by atoms with E-state index in [9.17, 15) is 4.79 Å². The van der Waals surface area contributed by atoms with Crippen molar-refractivity contribution in [3.05, 3.63) is 51.9 Å². The molecule has 4 rings (SSSR count). The highest BCUT2D eigenvalue weighted by molar-refractivity contribution is 5.83. The maximum absolute atomic E-state index is 12.5. The molecule has 43 heavy (non-hydrogen) atoms. The number of hydrogen-bond donors (Lipinski definition) is 2. The summed E-state index contributed by atoms with van der Waals surface area (Å²) in [4.78, 5) is 28.6. The molecule has 2 N–H and O–H groups in total. The molecule has 232 valence electrons. The van der Waals surface area contributed by atoms with Crippen molar-refractivity contribution < 1.29 is 9.53 Å². The Morgan fingerprint density at radius 2 is 1.72 bits per heavy atom. The number of nitrogens with zero attached hydrogens (tertiary/aromatic N) is 6. The van der Waals surface area contributed by atoms with Gasteiger partial charge in [0.15, 0.2) is 0 Å². The Morgan fingerprint density at radius 1 is 1.05 bits per heavy atom. The summed E-state index contributed by atoms with van der Waals surface area (Å²) in [6.07, 6.45) is 1.79. The summed E-state index contributed by atoms with van der Waals surface area (Å²) in [6, 6.07) is 10.9. The monoisotopic (exact) mass is 588 g/mol. The second-order valence-electron chi connectivity index (χ2n) is 13.6. The lowest BCUT2D eigenvalue weighted by atomic mass is 9.78. The summed E-state index contributed by atoms with van der Waals surface area (Å²) in [5.41, 5.74) is 14.4. The number of amides is 1. The van der Waals surface area contributed by atoms with Crippen LogP contribution in [-0.2, 0) is 15.6 Å². The van der Waals surface area contributed by atoms with E-state index >= 15 is 0 Å². The van der Waals surface area contributed by atoms with Crippen molar-refractivity contribution in [3.8, 4) is 17.1 Å². The number of benzene rings is 2. The Balaban J connectivity index is 1.57. The van der Waals surface area contributed by atoms with Crippen molar-refractivity contribution >= 4 is 22.6 Å². The third-order valence-corrected chi connectivity index (χ3v) is 7.96. The molecule has 2 heterocycles. The number of fused-ring (bicyclic) bond motifs is 1.